The van der Waals surface area contributed by atoms with Gasteiger partial charge >= 0.3 is 0 Å². The predicted octanol–water partition coefficient (Wildman–Crippen LogP) is 1.33. The molecule has 0 saturated carbocycles. The summed E-state index contributed by atoms with van der Waals surface area (Å²) in [7, 11) is -2.90. The number of nitrogens with zero attached hydrogens (tertiary/aromatic N) is 1. The van der Waals surface area contributed by atoms with E-state index in [9.17, 15) is 13.5 Å². The summed E-state index contributed by atoms with van der Waals surface area (Å²) in [6, 6.07) is 9.40. The third kappa shape index (κ3) is 5.26. The number of aliphatic hydroxyl groups excluding tert-OH is 1. The van der Waals surface area contributed by atoms with E-state index in [0.29, 0.717) is 13.0 Å². The molecule has 1 aliphatic rings. The summed E-state index contributed by atoms with van der Waals surface area (Å²) < 4.78 is 28.8. The number of para-hydroxylation sites is 1. The maximum absolute atomic E-state index is 11.6. The van der Waals surface area contributed by atoms with Crippen molar-refractivity contribution in [1.82, 2.24) is 4.90 Å². The zero-order valence-corrected chi connectivity index (χ0v) is 13.8. The molecule has 1 aromatic carbocycles. The van der Waals surface area contributed by atoms with Gasteiger partial charge in [0, 0.05) is 12.6 Å². The molecule has 0 spiro atoms. The lowest BCUT2D eigenvalue weighted by Gasteiger charge is -2.29. The van der Waals surface area contributed by atoms with Gasteiger partial charge in [-0.1, -0.05) is 25.1 Å². The molecular weight excluding hydrogens is 302 g/mol. The molecule has 22 heavy (non-hydrogen) atoms. The van der Waals surface area contributed by atoms with Crippen molar-refractivity contribution in [3.8, 4) is 5.75 Å². The van der Waals surface area contributed by atoms with Crippen LogP contribution in [0.25, 0.3) is 0 Å². The van der Waals surface area contributed by atoms with Crippen LogP contribution in [0.4, 0.5) is 0 Å². The summed E-state index contributed by atoms with van der Waals surface area (Å²) >= 11 is 0. The lowest BCUT2D eigenvalue weighted by atomic mass is 10.2. The summed E-state index contributed by atoms with van der Waals surface area (Å²) in [4.78, 5) is 2.09. The van der Waals surface area contributed by atoms with Crippen molar-refractivity contribution in [3.05, 3.63) is 30.3 Å². The van der Waals surface area contributed by atoms with E-state index in [2.05, 4.69) is 11.8 Å². The van der Waals surface area contributed by atoms with Crippen molar-refractivity contribution in [2.24, 2.45) is 0 Å². The van der Waals surface area contributed by atoms with Crippen molar-refractivity contribution in [2.75, 3.05) is 31.2 Å². The molecule has 1 saturated heterocycles. The Morgan fingerprint density at radius 2 is 2.09 bits per heavy atom. The zero-order chi connectivity index (χ0) is 16.0. The highest BCUT2D eigenvalue weighted by Gasteiger charge is 2.32. The quantitative estimate of drug-likeness (QED) is 0.780. The number of hydrogen-bond donors (Lipinski definition) is 1. The second-order valence-electron chi connectivity index (χ2n) is 5.83. The average Bonchev–Trinajstić information content (AvgIpc) is 2.86. The zero-order valence-electron chi connectivity index (χ0n) is 13.0. The van der Waals surface area contributed by atoms with E-state index in [1.165, 1.54) is 0 Å². The number of hydrogen-bond acceptors (Lipinski definition) is 5. The molecule has 6 heteroatoms. The smallest absolute Gasteiger partial charge is 0.151 e. The Kier molecular flexibility index (Phi) is 6.23. The van der Waals surface area contributed by atoms with Crippen molar-refractivity contribution in [1.29, 1.82) is 0 Å². The van der Waals surface area contributed by atoms with E-state index in [4.69, 9.17) is 4.74 Å². The van der Waals surface area contributed by atoms with Crippen LogP contribution in [0.1, 0.15) is 19.8 Å². The minimum atomic E-state index is -2.90. The first-order chi connectivity index (χ1) is 10.5. The maximum Gasteiger partial charge on any atom is 0.151 e. The third-order valence-electron chi connectivity index (χ3n) is 3.87. The van der Waals surface area contributed by atoms with Gasteiger partial charge in [-0.25, -0.2) is 8.42 Å². The fourth-order valence-electron chi connectivity index (χ4n) is 2.81. The predicted molar refractivity (Wildman–Crippen MR) is 86.9 cm³/mol. The highest BCUT2D eigenvalue weighted by Crippen LogP contribution is 2.18. The van der Waals surface area contributed by atoms with Crippen LogP contribution in [0.15, 0.2) is 30.3 Å². The van der Waals surface area contributed by atoms with E-state index in [0.717, 1.165) is 18.7 Å². The molecule has 0 aliphatic carbocycles. The molecule has 1 heterocycles. The van der Waals surface area contributed by atoms with Gasteiger partial charge < -0.3 is 9.84 Å². The Balaban J connectivity index is 1.85. The Hall–Kier alpha value is -1.11. The average molecular weight is 327 g/mol. The summed E-state index contributed by atoms with van der Waals surface area (Å²) in [6.07, 6.45) is 0.965. The Morgan fingerprint density at radius 3 is 2.68 bits per heavy atom. The maximum atomic E-state index is 11.6. The molecule has 1 aliphatic heterocycles. The number of aliphatic hydroxyl groups is 1. The minimum Gasteiger partial charge on any atom is -0.491 e. The highest BCUT2D eigenvalue weighted by atomic mass is 32.2. The number of ether oxygens (including phenoxy) is 1. The fraction of sp³-hybridized carbons (Fsp3) is 0.625. The SMILES string of the molecule is CCCN(CC(O)COc1ccccc1)C1CCS(=O)(=O)C1. The van der Waals surface area contributed by atoms with Crippen molar-refractivity contribution in [2.45, 2.75) is 31.9 Å². The summed E-state index contributed by atoms with van der Waals surface area (Å²) in [5.74, 6) is 1.19. The Morgan fingerprint density at radius 1 is 1.36 bits per heavy atom. The van der Waals surface area contributed by atoms with Gasteiger partial charge in [-0.2, -0.15) is 0 Å². The van der Waals surface area contributed by atoms with Gasteiger partial charge in [0.15, 0.2) is 9.84 Å². The van der Waals surface area contributed by atoms with Crippen LogP contribution in [0, 0.1) is 0 Å². The standard InChI is InChI=1S/C16H25NO4S/c1-2-9-17(14-8-10-22(19,20)13-14)11-15(18)12-21-16-6-4-3-5-7-16/h3-7,14-15,18H,2,8-13H2,1H3. The van der Waals surface area contributed by atoms with Gasteiger partial charge in [-0.15, -0.1) is 0 Å². The summed E-state index contributed by atoms with van der Waals surface area (Å²) in [6.45, 7) is 3.51. The van der Waals surface area contributed by atoms with Crippen LogP contribution in [-0.2, 0) is 9.84 Å². The topological polar surface area (TPSA) is 66.8 Å². The van der Waals surface area contributed by atoms with Crippen molar-refractivity contribution < 1.29 is 18.3 Å². The molecule has 0 aromatic heterocycles. The van der Waals surface area contributed by atoms with E-state index in [1.54, 1.807) is 0 Å². The van der Waals surface area contributed by atoms with Crippen LogP contribution in [0.3, 0.4) is 0 Å². The molecule has 1 aromatic rings. The van der Waals surface area contributed by atoms with Crippen LogP contribution in [0.5, 0.6) is 5.75 Å². The molecule has 2 atom stereocenters. The first-order valence-electron chi connectivity index (χ1n) is 7.80. The van der Waals surface area contributed by atoms with E-state index in [1.807, 2.05) is 30.3 Å². The Bertz CT molecular complexity index is 547. The molecule has 0 radical (unpaired) electrons. The van der Waals surface area contributed by atoms with Gasteiger partial charge in [0.05, 0.1) is 11.5 Å². The molecule has 2 unspecified atom stereocenters. The van der Waals surface area contributed by atoms with Gasteiger partial charge in [-0.05, 0) is 31.5 Å². The van der Waals surface area contributed by atoms with Gasteiger partial charge in [0.1, 0.15) is 18.5 Å². The molecule has 2 rings (SSSR count). The number of sulfone groups is 1. The molecule has 5 nitrogen and oxygen atoms in total. The first kappa shape index (κ1) is 17.2. The van der Waals surface area contributed by atoms with Crippen molar-refractivity contribution in [3.63, 3.8) is 0 Å². The fourth-order valence-corrected chi connectivity index (χ4v) is 4.57. The molecule has 0 amide bonds. The van der Waals surface area contributed by atoms with Gasteiger partial charge in [0.2, 0.25) is 0 Å². The van der Waals surface area contributed by atoms with Gasteiger partial charge in [0.25, 0.3) is 0 Å². The third-order valence-corrected chi connectivity index (χ3v) is 5.62. The second-order valence-corrected chi connectivity index (χ2v) is 8.06. The minimum absolute atomic E-state index is 0.0244. The monoisotopic (exact) mass is 327 g/mol. The highest BCUT2D eigenvalue weighted by molar-refractivity contribution is 7.91. The molecule has 0 bridgehead atoms. The first-order valence-corrected chi connectivity index (χ1v) is 9.62. The van der Waals surface area contributed by atoms with Gasteiger partial charge in [-0.3, -0.25) is 4.90 Å². The second kappa shape index (κ2) is 7.94. The number of benzene rings is 1. The molecule has 124 valence electrons. The van der Waals surface area contributed by atoms with E-state index in [-0.39, 0.29) is 24.2 Å². The summed E-state index contributed by atoms with van der Waals surface area (Å²) in [5.41, 5.74) is 0. The van der Waals surface area contributed by atoms with Crippen molar-refractivity contribution >= 4 is 9.84 Å². The van der Waals surface area contributed by atoms with E-state index >= 15 is 0 Å². The summed E-state index contributed by atoms with van der Waals surface area (Å²) in [5, 5.41) is 10.2. The molecule has 1 N–H and O–H groups in total. The van der Waals surface area contributed by atoms with Crippen LogP contribution in [-0.4, -0.2) is 61.8 Å². The largest absolute Gasteiger partial charge is 0.491 e. The lowest BCUT2D eigenvalue weighted by Crippen LogP contribution is -2.43. The Labute approximate surface area is 132 Å². The lowest BCUT2D eigenvalue weighted by molar-refractivity contribution is 0.0558. The van der Waals surface area contributed by atoms with Crippen LogP contribution < -0.4 is 4.74 Å². The van der Waals surface area contributed by atoms with Crippen LogP contribution in [0.2, 0.25) is 0 Å². The van der Waals surface area contributed by atoms with E-state index < -0.39 is 15.9 Å². The van der Waals surface area contributed by atoms with Crippen LogP contribution >= 0.6 is 0 Å². The molecule has 1 fully saturated rings. The molecular formula is C16H25NO4S. The normalized spacial score (nSPS) is 21.9. The number of rotatable bonds is 8.